The van der Waals surface area contributed by atoms with Crippen LogP contribution < -0.4 is 0 Å². The Morgan fingerprint density at radius 1 is 1.33 bits per heavy atom. The van der Waals surface area contributed by atoms with Crippen LogP contribution in [0.25, 0.3) is 0 Å². The lowest BCUT2D eigenvalue weighted by molar-refractivity contribution is 0.159. The molecule has 1 aromatic rings. The van der Waals surface area contributed by atoms with Crippen molar-refractivity contribution in [1.82, 2.24) is 19.4 Å². The number of aryl methyl sites for hydroxylation is 2. The van der Waals surface area contributed by atoms with Crippen LogP contribution in [0.4, 0.5) is 0 Å². The van der Waals surface area contributed by atoms with Gasteiger partial charge in [-0.15, -0.1) is 0 Å². The highest BCUT2D eigenvalue weighted by Crippen LogP contribution is 2.23. The van der Waals surface area contributed by atoms with Crippen molar-refractivity contribution in [3.63, 3.8) is 0 Å². The van der Waals surface area contributed by atoms with Gasteiger partial charge in [0.25, 0.3) is 0 Å². The third-order valence-corrected chi connectivity index (χ3v) is 5.71. The molecule has 1 atom stereocenters. The summed E-state index contributed by atoms with van der Waals surface area (Å²) in [6.07, 6.45) is 0. The van der Waals surface area contributed by atoms with E-state index in [1.807, 2.05) is 14.0 Å². The SMILES string of the molecule is Cc1n[nH]c(C)c1S(=O)(=O)N1CCN(C)C(C)C1. The van der Waals surface area contributed by atoms with Gasteiger partial charge >= 0.3 is 0 Å². The lowest BCUT2D eigenvalue weighted by Crippen LogP contribution is -2.51. The Labute approximate surface area is 108 Å². The molecule has 1 fully saturated rings. The van der Waals surface area contributed by atoms with E-state index in [4.69, 9.17) is 0 Å². The fourth-order valence-corrected chi connectivity index (χ4v) is 4.13. The third-order valence-electron chi connectivity index (χ3n) is 3.58. The van der Waals surface area contributed by atoms with Gasteiger partial charge < -0.3 is 4.90 Å². The van der Waals surface area contributed by atoms with E-state index in [1.54, 1.807) is 18.2 Å². The zero-order chi connectivity index (χ0) is 13.5. The van der Waals surface area contributed by atoms with Crippen LogP contribution in [0, 0.1) is 13.8 Å². The normalized spacial score (nSPS) is 23.4. The van der Waals surface area contributed by atoms with Gasteiger partial charge in [-0.25, -0.2) is 8.42 Å². The summed E-state index contributed by atoms with van der Waals surface area (Å²) in [6, 6.07) is 0.237. The highest BCUT2D eigenvalue weighted by Gasteiger charge is 2.33. The number of aromatic nitrogens is 2. The summed E-state index contributed by atoms with van der Waals surface area (Å²) in [5.41, 5.74) is 1.15. The zero-order valence-corrected chi connectivity index (χ0v) is 12.1. The van der Waals surface area contributed by atoms with Crippen LogP contribution in [0.2, 0.25) is 0 Å². The van der Waals surface area contributed by atoms with E-state index in [9.17, 15) is 8.42 Å². The van der Waals surface area contributed by atoms with E-state index in [1.165, 1.54) is 0 Å². The molecule has 6 nitrogen and oxygen atoms in total. The number of H-pyrrole nitrogens is 1. The summed E-state index contributed by atoms with van der Waals surface area (Å²) >= 11 is 0. The minimum Gasteiger partial charge on any atom is -0.301 e. The molecule has 2 heterocycles. The Hall–Kier alpha value is -0.920. The average Bonchev–Trinajstić information content (AvgIpc) is 2.62. The summed E-state index contributed by atoms with van der Waals surface area (Å²) in [4.78, 5) is 2.50. The highest BCUT2D eigenvalue weighted by atomic mass is 32.2. The molecule has 0 aliphatic carbocycles. The number of aromatic amines is 1. The van der Waals surface area contributed by atoms with Crippen LogP contribution >= 0.6 is 0 Å². The molecule has 0 radical (unpaired) electrons. The molecule has 0 aromatic carbocycles. The number of nitrogens with one attached hydrogen (secondary N) is 1. The van der Waals surface area contributed by atoms with Crippen molar-refractivity contribution in [1.29, 1.82) is 0 Å². The largest absolute Gasteiger partial charge is 0.301 e. The lowest BCUT2D eigenvalue weighted by atomic mass is 10.2. The number of hydrogen-bond acceptors (Lipinski definition) is 4. The molecule has 18 heavy (non-hydrogen) atoms. The van der Waals surface area contributed by atoms with Crippen LogP contribution in [0.3, 0.4) is 0 Å². The van der Waals surface area contributed by atoms with Gasteiger partial charge in [0.15, 0.2) is 0 Å². The van der Waals surface area contributed by atoms with E-state index in [0.29, 0.717) is 29.4 Å². The summed E-state index contributed by atoms with van der Waals surface area (Å²) < 4.78 is 26.7. The Bertz CT molecular complexity index is 518. The maximum Gasteiger partial charge on any atom is 0.246 e. The van der Waals surface area contributed by atoms with Crippen molar-refractivity contribution in [2.24, 2.45) is 0 Å². The van der Waals surface area contributed by atoms with Gasteiger partial charge in [0.2, 0.25) is 10.0 Å². The van der Waals surface area contributed by atoms with Crippen molar-refractivity contribution in [3.8, 4) is 0 Å². The predicted octanol–water partition coefficient (Wildman–Crippen LogP) is 0.351. The topological polar surface area (TPSA) is 69.3 Å². The number of hydrogen-bond donors (Lipinski definition) is 1. The molecule has 7 heteroatoms. The van der Waals surface area contributed by atoms with Gasteiger partial charge in [0.05, 0.1) is 11.4 Å². The van der Waals surface area contributed by atoms with Crippen molar-refractivity contribution in [2.45, 2.75) is 31.7 Å². The zero-order valence-electron chi connectivity index (χ0n) is 11.3. The fourth-order valence-electron chi connectivity index (χ4n) is 2.28. The lowest BCUT2D eigenvalue weighted by Gasteiger charge is -2.36. The second-order valence-corrected chi connectivity index (χ2v) is 6.83. The van der Waals surface area contributed by atoms with Gasteiger partial charge in [0.1, 0.15) is 4.90 Å². The highest BCUT2D eigenvalue weighted by molar-refractivity contribution is 7.89. The molecule has 1 saturated heterocycles. The molecule has 0 bridgehead atoms. The minimum atomic E-state index is -3.42. The average molecular weight is 272 g/mol. The van der Waals surface area contributed by atoms with Crippen molar-refractivity contribution >= 4 is 10.0 Å². The third kappa shape index (κ3) is 2.17. The molecule has 0 spiro atoms. The van der Waals surface area contributed by atoms with Gasteiger partial charge in [-0.3, -0.25) is 5.10 Å². The molecule has 1 aliphatic heterocycles. The maximum atomic E-state index is 12.6. The van der Waals surface area contributed by atoms with Gasteiger partial charge in [-0.1, -0.05) is 0 Å². The van der Waals surface area contributed by atoms with Crippen LogP contribution in [0.15, 0.2) is 4.90 Å². The second-order valence-electron chi connectivity index (χ2n) is 4.96. The molecule has 102 valence electrons. The van der Waals surface area contributed by atoms with Crippen LogP contribution in [-0.2, 0) is 10.0 Å². The van der Waals surface area contributed by atoms with Gasteiger partial charge in [-0.2, -0.15) is 9.40 Å². The van der Waals surface area contributed by atoms with Crippen molar-refractivity contribution in [2.75, 3.05) is 26.7 Å². The van der Waals surface area contributed by atoms with Crippen molar-refractivity contribution < 1.29 is 8.42 Å². The summed E-state index contributed by atoms with van der Waals surface area (Å²) in [5.74, 6) is 0. The summed E-state index contributed by atoms with van der Waals surface area (Å²) in [5, 5.41) is 6.71. The van der Waals surface area contributed by atoms with Crippen molar-refractivity contribution in [3.05, 3.63) is 11.4 Å². The van der Waals surface area contributed by atoms with Gasteiger partial charge in [0, 0.05) is 25.7 Å². The molecule has 1 unspecified atom stereocenters. The molecule has 1 aromatic heterocycles. The maximum absolute atomic E-state index is 12.6. The molecule has 1 N–H and O–H groups in total. The Balaban J connectivity index is 2.33. The Morgan fingerprint density at radius 2 is 2.00 bits per heavy atom. The summed E-state index contributed by atoms with van der Waals surface area (Å²) in [7, 11) is -1.41. The minimum absolute atomic E-state index is 0.237. The smallest absolute Gasteiger partial charge is 0.246 e. The first-order valence-electron chi connectivity index (χ1n) is 6.06. The van der Waals surface area contributed by atoms with E-state index >= 15 is 0 Å². The summed E-state index contributed by atoms with van der Waals surface area (Å²) in [6.45, 7) is 7.32. The van der Waals surface area contributed by atoms with E-state index in [0.717, 1.165) is 6.54 Å². The number of sulfonamides is 1. The number of likely N-dealkylation sites (N-methyl/N-ethyl adjacent to an activating group) is 1. The van der Waals surface area contributed by atoms with E-state index in [-0.39, 0.29) is 6.04 Å². The monoisotopic (exact) mass is 272 g/mol. The quantitative estimate of drug-likeness (QED) is 0.843. The first-order valence-corrected chi connectivity index (χ1v) is 7.50. The van der Waals surface area contributed by atoms with Crippen LogP contribution in [-0.4, -0.2) is 60.5 Å². The predicted molar refractivity (Wildman–Crippen MR) is 68.9 cm³/mol. The molecular weight excluding hydrogens is 252 g/mol. The van der Waals surface area contributed by atoms with E-state index < -0.39 is 10.0 Å². The standard InChI is InChI=1S/C11H20N4O2S/c1-8-7-15(6-5-14(8)4)18(16,17)11-9(2)12-13-10(11)3/h8H,5-7H2,1-4H3,(H,12,13). The molecule has 0 saturated carbocycles. The number of rotatable bonds is 2. The van der Waals surface area contributed by atoms with Crippen LogP contribution in [0.1, 0.15) is 18.3 Å². The Kier molecular flexibility index (Phi) is 3.48. The van der Waals surface area contributed by atoms with Crippen LogP contribution in [0.5, 0.6) is 0 Å². The first kappa shape index (κ1) is 13.5. The molecule has 1 aliphatic rings. The number of nitrogens with zero attached hydrogens (tertiary/aromatic N) is 3. The molecular formula is C11H20N4O2S. The molecule has 0 amide bonds. The number of piperazine rings is 1. The van der Waals surface area contributed by atoms with E-state index in [2.05, 4.69) is 15.1 Å². The van der Waals surface area contributed by atoms with Gasteiger partial charge in [-0.05, 0) is 27.8 Å². The molecule has 2 rings (SSSR count). The Morgan fingerprint density at radius 3 is 2.50 bits per heavy atom. The first-order chi connectivity index (χ1) is 8.34. The second kappa shape index (κ2) is 4.64. The fraction of sp³-hybridized carbons (Fsp3) is 0.727.